The molecular formula is C16H13ClO4. The van der Waals surface area contributed by atoms with E-state index in [9.17, 15) is 14.7 Å². The van der Waals surface area contributed by atoms with Gasteiger partial charge < -0.3 is 10.2 Å². The maximum absolute atomic E-state index is 12.2. The third kappa shape index (κ3) is 3.83. The zero-order valence-electron chi connectivity index (χ0n) is 11.0. The quantitative estimate of drug-likeness (QED) is 0.832. The summed E-state index contributed by atoms with van der Waals surface area (Å²) >= 11 is 6.01. The molecule has 0 atom stereocenters. The molecule has 0 radical (unpaired) electrons. The molecule has 4 nitrogen and oxygen atoms in total. The summed E-state index contributed by atoms with van der Waals surface area (Å²) in [6, 6.07) is 11.2. The average Bonchev–Trinajstić information content (AvgIpc) is 2.43. The summed E-state index contributed by atoms with van der Waals surface area (Å²) in [5, 5.41) is 18.9. The van der Waals surface area contributed by atoms with Crippen LogP contribution in [0, 0.1) is 0 Å². The molecule has 0 fully saturated rings. The summed E-state index contributed by atoms with van der Waals surface area (Å²) < 4.78 is 0. The first kappa shape index (κ1) is 15.1. The fourth-order valence-corrected chi connectivity index (χ4v) is 2.18. The molecule has 0 heterocycles. The summed E-state index contributed by atoms with van der Waals surface area (Å²) in [7, 11) is 0. The van der Waals surface area contributed by atoms with Gasteiger partial charge in [-0.25, -0.2) is 0 Å². The maximum atomic E-state index is 12.2. The van der Waals surface area contributed by atoms with E-state index in [1.807, 2.05) is 0 Å². The van der Waals surface area contributed by atoms with Gasteiger partial charge in [-0.3, -0.25) is 9.59 Å². The number of benzene rings is 2. The highest BCUT2D eigenvalue weighted by Crippen LogP contribution is 2.22. The predicted molar refractivity (Wildman–Crippen MR) is 78.9 cm³/mol. The van der Waals surface area contributed by atoms with Crippen LogP contribution in [0.1, 0.15) is 21.5 Å². The Bertz CT molecular complexity index is 694. The van der Waals surface area contributed by atoms with Crippen LogP contribution < -0.4 is 0 Å². The van der Waals surface area contributed by atoms with Crippen molar-refractivity contribution in [3.63, 3.8) is 0 Å². The molecule has 0 saturated heterocycles. The van der Waals surface area contributed by atoms with Gasteiger partial charge in [0.2, 0.25) is 0 Å². The molecule has 0 aliphatic carbocycles. The Labute approximate surface area is 126 Å². The summed E-state index contributed by atoms with van der Waals surface area (Å²) in [4.78, 5) is 23.0. The molecule has 0 aliphatic rings. The van der Waals surface area contributed by atoms with Crippen molar-refractivity contribution in [2.24, 2.45) is 0 Å². The van der Waals surface area contributed by atoms with E-state index in [1.165, 1.54) is 18.2 Å². The molecule has 21 heavy (non-hydrogen) atoms. The number of carbonyl (C=O) groups is 2. The number of hydrogen-bond acceptors (Lipinski definition) is 3. The number of carbonyl (C=O) groups excluding carboxylic acids is 1. The highest BCUT2D eigenvalue weighted by Gasteiger charge is 2.13. The van der Waals surface area contributed by atoms with E-state index in [0.29, 0.717) is 16.1 Å². The number of phenolic OH excluding ortho intramolecular Hbond substituents is 1. The smallest absolute Gasteiger partial charge is 0.307 e. The van der Waals surface area contributed by atoms with Crippen LogP contribution in [-0.4, -0.2) is 22.0 Å². The zero-order chi connectivity index (χ0) is 15.4. The van der Waals surface area contributed by atoms with Crippen LogP contribution in [0.15, 0.2) is 42.5 Å². The average molecular weight is 305 g/mol. The van der Waals surface area contributed by atoms with Crippen molar-refractivity contribution < 1.29 is 19.8 Å². The molecule has 2 aromatic rings. The topological polar surface area (TPSA) is 74.6 Å². The molecule has 2 rings (SSSR count). The van der Waals surface area contributed by atoms with Crippen LogP contribution in [0.4, 0.5) is 0 Å². The van der Waals surface area contributed by atoms with Crippen LogP contribution in [-0.2, 0) is 17.6 Å². The Morgan fingerprint density at radius 2 is 1.71 bits per heavy atom. The van der Waals surface area contributed by atoms with Crippen molar-refractivity contribution in [3.8, 4) is 5.75 Å². The lowest BCUT2D eigenvalue weighted by Crippen LogP contribution is -2.06. The molecule has 0 aromatic heterocycles. The number of carboxylic acid groups (broad SMARTS) is 1. The molecule has 0 spiro atoms. The lowest BCUT2D eigenvalue weighted by atomic mass is 9.99. The summed E-state index contributed by atoms with van der Waals surface area (Å²) in [6.07, 6.45) is -0.212. The van der Waals surface area contributed by atoms with Crippen LogP contribution >= 0.6 is 11.6 Å². The second-order valence-electron chi connectivity index (χ2n) is 4.61. The number of ketones is 1. The second-order valence-corrected chi connectivity index (χ2v) is 5.01. The van der Waals surface area contributed by atoms with E-state index >= 15 is 0 Å². The van der Waals surface area contributed by atoms with Gasteiger partial charge in [0, 0.05) is 22.6 Å². The number of rotatable bonds is 5. The van der Waals surface area contributed by atoms with Gasteiger partial charge in [-0.2, -0.15) is 0 Å². The molecule has 0 aliphatic heterocycles. The van der Waals surface area contributed by atoms with E-state index in [0.717, 1.165) is 0 Å². The van der Waals surface area contributed by atoms with E-state index in [2.05, 4.69) is 0 Å². The Balaban J connectivity index is 2.23. The largest absolute Gasteiger partial charge is 0.508 e. The summed E-state index contributed by atoms with van der Waals surface area (Å²) in [5.41, 5.74) is 1.27. The van der Waals surface area contributed by atoms with Crippen molar-refractivity contribution in [1.29, 1.82) is 0 Å². The molecule has 0 unspecified atom stereocenters. The minimum absolute atomic E-state index is 0.122. The van der Waals surface area contributed by atoms with Crippen molar-refractivity contribution >= 4 is 23.4 Å². The van der Waals surface area contributed by atoms with E-state index in [-0.39, 0.29) is 29.9 Å². The third-order valence-electron chi connectivity index (χ3n) is 3.05. The summed E-state index contributed by atoms with van der Waals surface area (Å²) in [5.74, 6) is -1.39. The molecule has 0 bridgehead atoms. The second kappa shape index (κ2) is 6.41. The molecule has 2 aromatic carbocycles. The van der Waals surface area contributed by atoms with Gasteiger partial charge in [0.25, 0.3) is 0 Å². The fourth-order valence-electron chi connectivity index (χ4n) is 1.98. The number of aromatic hydroxyl groups is 1. The first-order valence-electron chi connectivity index (χ1n) is 6.27. The fraction of sp³-hybridized carbons (Fsp3) is 0.125. The van der Waals surface area contributed by atoms with Gasteiger partial charge >= 0.3 is 5.97 Å². The van der Waals surface area contributed by atoms with Crippen molar-refractivity contribution in [3.05, 3.63) is 64.2 Å². The molecule has 2 N–H and O–H groups in total. The summed E-state index contributed by atoms with van der Waals surface area (Å²) in [6.45, 7) is 0. The Morgan fingerprint density at radius 3 is 2.38 bits per heavy atom. The monoisotopic (exact) mass is 304 g/mol. The number of carboxylic acids is 1. The predicted octanol–water partition coefficient (Wildman–Crippen LogP) is 3.10. The molecule has 0 saturated carbocycles. The molecule has 5 heteroatoms. The first-order chi connectivity index (χ1) is 9.97. The lowest BCUT2D eigenvalue weighted by Gasteiger charge is -2.07. The Kier molecular flexibility index (Phi) is 4.60. The van der Waals surface area contributed by atoms with Crippen molar-refractivity contribution in [2.45, 2.75) is 12.8 Å². The van der Waals surface area contributed by atoms with Crippen molar-refractivity contribution in [1.82, 2.24) is 0 Å². The van der Waals surface area contributed by atoms with Crippen LogP contribution in [0.3, 0.4) is 0 Å². The molecular weight excluding hydrogens is 292 g/mol. The standard InChI is InChI=1S/C16H13ClO4/c17-13-4-2-1-3-10(13)8-15(19)11-5-6-14(18)12(7-11)9-16(20)21/h1-7,18H,8-9H2,(H,20,21). The lowest BCUT2D eigenvalue weighted by molar-refractivity contribution is -0.136. The van der Waals surface area contributed by atoms with Gasteiger partial charge in [0.15, 0.2) is 5.78 Å². The number of aliphatic carboxylic acids is 1. The third-order valence-corrected chi connectivity index (χ3v) is 3.42. The Hall–Kier alpha value is -2.33. The SMILES string of the molecule is O=C(O)Cc1cc(C(=O)Cc2ccccc2Cl)ccc1O. The van der Waals surface area contributed by atoms with Gasteiger partial charge in [-0.15, -0.1) is 0 Å². The molecule has 0 amide bonds. The maximum Gasteiger partial charge on any atom is 0.307 e. The number of Topliss-reactive ketones (excluding diaryl/α,β-unsaturated/α-hetero) is 1. The first-order valence-corrected chi connectivity index (χ1v) is 6.65. The Morgan fingerprint density at radius 1 is 1.00 bits per heavy atom. The number of hydrogen-bond donors (Lipinski definition) is 2. The molecule has 108 valence electrons. The van der Waals surface area contributed by atoms with Gasteiger partial charge in [0.05, 0.1) is 6.42 Å². The zero-order valence-corrected chi connectivity index (χ0v) is 11.8. The minimum Gasteiger partial charge on any atom is -0.508 e. The van der Waals surface area contributed by atoms with Gasteiger partial charge in [-0.1, -0.05) is 29.8 Å². The number of halogens is 1. The highest BCUT2D eigenvalue weighted by molar-refractivity contribution is 6.31. The minimum atomic E-state index is -1.07. The van der Waals surface area contributed by atoms with Gasteiger partial charge in [-0.05, 0) is 29.8 Å². The highest BCUT2D eigenvalue weighted by atomic mass is 35.5. The van der Waals surface area contributed by atoms with Crippen LogP contribution in [0.2, 0.25) is 5.02 Å². The van der Waals surface area contributed by atoms with E-state index < -0.39 is 5.97 Å². The van der Waals surface area contributed by atoms with Crippen molar-refractivity contribution in [2.75, 3.05) is 0 Å². The van der Waals surface area contributed by atoms with Crippen LogP contribution in [0.25, 0.3) is 0 Å². The van der Waals surface area contributed by atoms with E-state index in [1.54, 1.807) is 24.3 Å². The van der Waals surface area contributed by atoms with E-state index in [4.69, 9.17) is 16.7 Å². The number of phenols is 1. The van der Waals surface area contributed by atoms with Crippen LogP contribution in [0.5, 0.6) is 5.75 Å². The normalized spacial score (nSPS) is 10.3. The van der Waals surface area contributed by atoms with Gasteiger partial charge in [0.1, 0.15) is 5.75 Å².